The first-order valence-corrected chi connectivity index (χ1v) is 7.37. The van der Waals surface area contributed by atoms with E-state index in [-0.39, 0.29) is 35.9 Å². The monoisotopic (exact) mass is 313 g/mol. The fourth-order valence-electron chi connectivity index (χ4n) is 2.56. The molecule has 2 N–H and O–H groups in total. The maximum absolute atomic E-state index is 13.7. The van der Waals surface area contributed by atoms with Crippen molar-refractivity contribution in [3.63, 3.8) is 0 Å². The van der Waals surface area contributed by atoms with Gasteiger partial charge in [0, 0.05) is 18.3 Å². The Labute approximate surface area is 132 Å². The van der Waals surface area contributed by atoms with E-state index in [9.17, 15) is 14.0 Å². The number of hydrogen-bond acceptors (Lipinski definition) is 3. The molecule has 1 aliphatic rings. The molecule has 0 bridgehead atoms. The van der Waals surface area contributed by atoms with Gasteiger partial charge in [-0.15, -0.1) is 0 Å². The van der Waals surface area contributed by atoms with Crippen molar-refractivity contribution in [1.82, 2.24) is 15.8 Å². The zero-order chi connectivity index (χ0) is 16.2. The van der Waals surface area contributed by atoms with E-state index < -0.39 is 0 Å². The Balaban J connectivity index is 1.48. The zero-order valence-electron chi connectivity index (χ0n) is 12.3. The quantitative estimate of drug-likeness (QED) is 0.844. The molecule has 0 aliphatic heterocycles. The summed E-state index contributed by atoms with van der Waals surface area (Å²) in [5.41, 5.74) is 6.15. The molecule has 0 saturated heterocycles. The van der Waals surface area contributed by atoms with Gasteiger partial charge in [0.25, 0.3) is 0 Å². The predicted octanol–water partition coefficient (Wildman–Crippen LogP) is 1.71. The van der Waals surface area contributed by atoms with Crippen LogP contribution in [-0.4, -0.2) is 16.8 Å². The molecule has 2 unspecified atom stereocenters. The maximum Gasteiger partial charge on any atom is 0.242 e. The lowest BCUT2D eigenvalue weighted by atomic mass is 10.1. The Morgan fingerprint density at radius 3 is 2.61 bits per heavy atom. The molecule has 3 rings (SSSR count). The molecule has 5 nitrogen and oxygen atoms in total. The molecule has 6 heteroatoms. The summed E-state index contributed by atoms with van der Waals surface area (Å²) in [7, 11) is 0. The molecule has 2 amide bonds. The number of pyridine rings is 1. The molecule has 1 aliphatic carbocycles. The minimum absolute atomic E-state index is 0.117. The number of amides is 2. The van der Waals surface area contributed by atoms with Gasteiger partial charge < -0.3 is 0 Å². The highest BCUT2D eigenvalue weighted by molar-refractivity contribution is 5.86. The van der Waals surface area contributed by atoms with Crippen molar-refractivity contribution in [3.8, 4) is 0 Å². The summed E-state index contributed by atoms with van der Waals surface area (Å²) >= 11 is 0. The number of hydrazine groups is 1. The van der Waals surface area contributed by atoms with Crippen molar-refractivity contribution >= 4 is 11.8 Å². The van der Waals surface area contributed by atoms with Gasteiger partial charge in [-0.1, -0.05) is 18.2 Å². The highest BCUT2D eigenvalue weighted by Gasteiger charge is 2.45. The number of hydrogen-bond donors (Lipinski definition) is 2. The Bertz CT molecular complexity index is 721. The number of nitrogens with one attached hydrogen (secondary N) is 2. The van der Waals surface area contributed by atoms with Crippen LogP contribution in [-0.2, 0) is 16.0 Å². The summed E-state index contributed by atoms with van der Waals surface area (Å²) in [6.07, 6.45) is 3.95. The molecule has 2 aromatic rings. The smallest absolute Gasteiger partial charge is 0.242 e. The average molecular weight is 313 g/mol. The second-order valence-electron chi connectivity index (χ2n) is 5.54. The lowest BCUT2D eigenvalue weighted by Crippen LogP contribution is -2.43. The average Bonchev–Trinajstić information content (AvgIpc) is 3.34. The second-order valence-corrected chi connectivity index (χ2v) is 5.54. The molecule has 118 valence electrons. The fourth-order valence-corrected chi connectivity index (χ4v) is 2.56. The standard InChI is InChI=1S/C17H16FN3O2/c18-15-4-2-1-3-12(15)13-10-14(13)17(23)21-20-16(22)9-11-5-7-19-8-6-11/h1-8,13-14H,9-10H2,(H,20,22)(H,21,23). The van der Waals surface area contributed by atoms with Gasteiger partial charge in [0.15, 0.2) is 0 Å². The lowest BCUT2D eigenvalue weighted by molar-refractivity contribution is -0.129. The number of benzene rings is 1. The van der Waals surface area contributed by atoms with Crippen molar-refractivity contribution in [1.29, 1.82) is 0 Å². The summed E-state index contributed by atoms with van der Waals surface area (Å²) in [5.74, 6) is -1.31. The van der Waals surface area contributed by atoms with E-state index in [4.69, 9.17) is 0 Å². The molecular weight excluding hydrogens is 297 g/mol. The minimum Gasteiger partial charge on any atom is -0.273 e. The van der Waals surface area contributed by atoms with E-state index in [1.807, 2.05) is 0 Å². The van der Waals surface area contributed by atoms with E-state index >= 15 is 0 Å². The van der Waals surface area contributed by atoms with Gasteiger partial charge in [0.1, 0.15) is 5.82 Å². The van der Waals surface area contributed by atoms with Crippen LogP contribution in [0.25, 0.3) is 0 Å². The molecule has 1 heterocycles. The Hall–Kier alpha value is -2.76. The van der Waals surface area contributed by atoms with Gasteiger partial charge in [0.2, 0.25) is 11.8 Å². The van der Waals surface area contributed by atoms with Crippen LogP contribution in [0.4, 0.5) is 4.39 Å². The molecular formula is C17H16FN3O2. The molecule has 0 radical (unpaired) electrons. The van der Waals surface area contributed by atoms with Crippen molar-refractivity contribution in [2.75, 3.05) is 0 Å². The van der Waals surface area contributed by atoms with Gasteiger partial charge in [0.05, 0.1) is 6.42 Å². The van der Waals surface area contributed by atoms with Crippen LogP contribution in [0.3, 0.4) is 0 Å². The van der Waals surface area contributed by atoms with Crippen molar-refractivity contribution < 1.29 is 14.0 Å². The first kappa shape index (κ1) is 15.1. The second kappa shape index (κ2) is 6.56. The zero-order valence-corrected chi connectivity index (χ0v) is 12.3. The molecule has 1 saturated carbocycles. The van der Waals surface area contributed by atoms with Gasteiger partial charge >= 0.3 is 0 Å². The molecule has 1 fully saturated rings. The number of carbonyl (C=O) groups is 2. The van der Waals surface area contributed by atoms with E-state index in [2.05, 4.69) is 15.8 Å². The van der Waals surface area contributed by atoms with Crippen LogP contribution in [0.1, 0.15) is 23.5 Å². The van der Waals surface area contributed by atoms with E-state index in [1.165, 1.54) is 6.07 Å². The van der Waals surface area contributed by atoms with Crippen LogP contribution in [0.15, 0.2) is 48.8 Å². The largest absolute Gasteiger partial charge is 0.273 e. The minimum atomic E-state index is -0.312. The predicted molar refractivity (Wildman–Crippen MR) is 81.5 cm³/mol. The normalized spacial score (nSPS) is 19.0. The molecule has 0 spiro atoms. The van der Waals surface area contributed by atoms with E-state index in [0.717, 1.165) is 5.56 Å². The number of aromatic nitrogens is 1. The molecule has 1 aromatic heterocycles. The third-order valence-electron chi connectivity index (χ3n) is 3.87. The summed E-state index contributed by atoms with van der Waals surface area (Å²) in [4.78, 5) is 27.6. The third-order valence-corrected chi connectivity index (χ3v) is 3.87. The van der Waals surface area contributed by atoms with Crippen LogP contribution < -0.4 is 10.9 Å². The van der Waals surface area contributed by atoms with Gasteiger partial charge in [-0.05, 0) is 41.7 Å². The maximum atomic E-state index is 13.7. The summed E-state index contributed by atoms with van der Waals surface area (Å²) < 4.78 is 13.7. The van der Waals surface area contributed by atoms with Crippen LogP contribution in [0.2, 0.25) is 0 Å². The SMILES string of the molecule is O=C(Cc1ccncc1)NNC(=O)C1CC1c1ccccc1F. The Morgan fingerprint density at radius 2 is 1.87 bits per heavy atom. The highest BCUT2D eigenvalue weighted by Crippen LogP contribution is 2.48. The van der Waals surface area contributed by atoms with Gasteiger partial charge in [-0.25, -0.2) is 4.39 Å². The van der Waals surface area contributed by atoms with Gasteiger partial charge in [-0.3, -0.25) is 25.4 Å². The summed E-state index contributed by atoms with van der Waals surface area (Å²) in [5, 5.41) is 0. The lowest BCUT2D eigenvalue weighted by Gasteiger charge is -2.07. The number of halogens is 1. The molecule has 1 aromatic carbocycles. The topological polar surface area (TPSA) is 71.1 Å². The van der Waals surface area contributed by atoms with Gasteiger partial charge in [-0.2, -0.15) is 0 Å². The third kappa shape index (κ3) is 3.71. The molecule has 2 atom stereocenters. The van der Waals surface area contributed by atoms with Crippen LogP contribution in [0, 0.1) is 11.7 Å². The van der Waals surface area contributed by atoms with E-state index in [1.54, 1.807) is 42.7 Å². The first-order chi connectivity index (χ1) is 11.1. The molecule has 23 heavy (non-hydrogen) atoms. The summed E-state index contributed by atoms with van der Waals surface area (Å²) in [6.45, 7) is 0. The van der Waals surface area contributed by atoms with Crippen molar-refractivity contribution in [2.45, 2.75) is 18.8 Å². The van der Waals surface area contributed by atoms with Crippen molar-refractivity contribution in [3.05, 3.63) is 65.7 Å². The number of nitrogens with zero attached hydrogens (tertiary/aromatic N) is 1. The van der Waals surface area contributed by atoms with E-state index in [0.29, 0.717) is 12.0 Å². The Morgan fingerprint density at radius 1 is 1.13 bits per heavy atom. The van der Waals surface area contributed by atoms with Crippen LogP contribution in [0.5, 0.6) is 0 Å². The van der Waals surface area contributed by atoms with Crippen molar-refractivity contribution in [2.24, 2.45) is 5.92 Å². The first-order valence-electron chi connectivity index (χ1n) is 7.37. The fraction of sp³-hybridized carbons (Fsp3) is 0.235. The number of rotatable bonds is 4. The summed E-state index contributed by atoms with van der Waals surface area (Å²) in [6, 6.07) is 9.92. The Kier molecular flexibility index (Phi) is 4.32. The number of carbonyl (C=O) groups excluding carboxylic acids is 2. The van der Waals surface area contributed by atoms with Crippen LogP contribution >= 0.6 is 0 Å². The highest BCUT2D eigenvalue weighted by atomic mass is 19.1.